The lowest BCUT2D eigenvalue weighted by atomic mass is 9.86. The number of carbonyl (C=O) groups excluding carboxylic acids is 2. The molecule has 3 rings (SSSR count). The van der Waals surface area contributed by atoms with Crippen molar-refractivity contribution in [1.82, 2.24) is 15.1 Å². The van der Waals surface area contributed by atoms with Crippen LogP contribution < -0.4 is 11.1 Å². The number of primary amides is 1. The predicted molar refractivity (Wildman–Crippen MR) is 103 cm³/mol. The third-order valence-corrected chi connectivity index (χ3v) is 5.13. The lowest BCUT2D eigenvalue weighted by molar-refractivity contribution is -0.122. The Labute approximate surface area is 163 Å². The van der Waals surface area contributed by atoms with Crippen LogP contribution in [0.15, 0.2) is 18.2 Å². The molecule has 0 radical (unpaired) electrons. The summed E-state index contributed by atoms with van der Waals surface area (Å²) in [7, 11) is 0. The summed E-state index contributed by atoms with van der Waals surface area (Å²) in [4.78, 5) is 24.7. The van der Waals surface area contributed by atoms with Crippen molar-refractivity contribution in [1.29, 1.82) is 0 Å². The SMILES string of the molecule is CC(C)(C)[C@H](NC(=O)c1nn(CC2CCOCC2)c2cc(F)ccc12)C(N)=O. The maximum absolute atomic E-state index is 13.9. The van der Waals surface area contributed by atoms with E-state index in [4.69, 9.17) is 10.5 Å². The molecule has 1 atom stereocenters. The van der Waals surface area contributed by atoms with Gasteiger partial charge in [0.25, 0.3) is 5.91 Å². The average Bonchev–Trinajstić information content (AvgIpc) is 2.97. The monoisotopic (exact) mass is 390 g/mol. The van der Waals surface area contributed by atoms with Crippen LogP contribution in [-0.4, -0.2) is 40.9 Å². The molecule has 0 unspecified atom stereocenters. The van der Waals surface area contributed by atoms with Gasteiger partial charge in [-0.3, -0.25) is 14.3 Å². The van der Waals surface area contributed by atoms with Gasteiger partial charge in [-0.2, -0.15) is 5.10 Å². The minimum absolute atomic E-state index is 0.164. The van der Waals surface area contributed by atoms with Gasteiger partial charge in [-0.15, -0.1) is 0 Å². The number of hydrogen-bond acceptors (Lipinski definition) is 4. The Balaban J connectivity index is 1.94. The van der Waals surface area contributed by atoms with Crippen molar-refractivity contribution in [3.8, 4) is 0 Å². The standard InChI is InChI=1S/C20H27FN4O3/c1-20(2,3)17(18(22)26)23-19(27)16-14-5-4-13(21)10-15(14)25(24-16)11-12-6-8-28-9-7-12/h4-5,10,12,17H,6-9,11H2,1-3H3,(H2,22,26)(H,23,27)/t17-/m1/s1. The van der Waals surface area contributed by atoms with Crippen LogP contribution in [0, 0.1) is 17.2 Å². The Kier molecular flexibility index (Phi) is 5.69. The fraction of sp³-hybridized carbons (Fsp3) is 0.550. The van der Waals surface area contributed by atoms with Crippen LogP contribution in [0.5, 0.6) is 0 Å². The van der Waals surface area contributed by atoms with Crippen LogP contribution >= 0.6 is 0 Å². The van der Waals surface area contributed by atoms with Gasteiger partial charge in [0.1, 0.15) is 11.9 Å². The van der Waals surface area contributed by atoms with Gasteiger partial charge in [0.2, 0.25) is 5.91 Å². The third-order valence-electron chi connectivity index (χ3n) is 5.13. The van der Waals surface area contributed by atoms with Crippen LogP contribution in [0.1, 0.15) is 44.1 Å². The summed E-state index contributed by atoms with van der Waals surface area (Å²) in [6, 6.07) is 3.38. The average molecular weight is 390 g/mol. The molecular formula is C20H27FN4O3. The van der Waals surface area contributed by atoms with Gasteiger partial charge >= 0.3 is 0 Å². The topological polar surface area (TPSA) is 99.2 Å². The molecule has 0 spiro atoms. The Morgan fingerprint density at radius 3 is 2.64 bits per heavy atom. The van der Waals surface area contributed by atoms with Gasteiger partial charge in [0, 0.05) is 25.1 Å². The van der Waals surface area contributed by atoms with E-state index in [9.17, 15) is 14.0 Å². The zero-order valence-corrected chi connectivity index (χ0v) is 16.5. The largest absolute Gasteiger partial charge is 0.381 e. The highest BCUT2D eigenvalue weighted by atomic mass is 19.1. The van der Waals surface area contributed by atoms with Gasteiger partial charge in [-0.1, -0.05) is 20.8 Å². The van der Waals surface area contributed by atoms with Gasteiger partial charge in [-0.25, -0.2) is 4.39 Å². The molecule has 1 fully saturated rings. The highest BCUT2D eigenvalue weighted by Gasteiger charge is 2.32. The van der Waals surface area contributed by atoms with E-state index in [0.29, 0.717) is 36.6 Å². The smallest absolute Gasteiger partial charge is 0.273 e. The molecule has 1 saturated heterocycles. The Hall–Kier alpha value is -2.48. The fourth-order valence-electron chi connectivity index (χ4n) is 3.54. The molecule has 2 amide bonds. The Morgan fingerprint density at radius 2 is 2.04 bits per heavy atom. The minimum atomic E-state index is -0.851. The summed E-state index contributed by atoms with van der Waals surface area (Å²) < 4.78 is 20.9. The highest BCUT2D eigenvalue weighted by molar-refractivity contribution is 6.06. The molecule has 0 bridgehead atoms. The van der Waals surface area contributed by atoms with Gasteiger partial charge in [0.05, 0.1) is 5.52 Å². The van der Waals surface area contributed by atoms with Crippen LogP contribution in [0.25, 0.3) is 10.9 Å². The quantitative estimate of drug-likeness (QED) is 0.818. The number of nitrogens with zero attached hydrogens (tertiary/aromatic N) is 2. The molecule has 0 aliphatic carbocycles. The van der Waals surface area contributed by atoms with E-state index in [1.165, 1.54) is 12.1 Å². The zero-order chi connectivity index (χ0) is 20.5. The fourth-order valence-corrected chi connectivity index (χ4v) is 3.54. The second-order valence-corrected chi connectivity index (χ2v) is 8.42. The number of fused-ring (bicyclic) bond motifs is 1. The molecule has 2 aromatic rings. The molecule has 0 saturated carbocycles. The molecule has 7 nitrogen and oxygen atoms in total. The van der Waals surface area contributed by atoms with Gasteiger partial charge in [-0.05, 0) is 42.4 Å². The number of hydrogen-bond donors (Lipinski definition) is 2. The summed E-state index contributed by atoms with van der Waals surface area (Å²) in [6.07, 6.45) is 1.79. The van der Waals surface area contributed by atoms with E-state index in [1.54, 1.807) is 10.7 Å². The third kappa shape index (κ3) is 4.32. The van der Waals surface area contributed by atoms with Crippen LogP contribution in [0.2, 0.25) is 0 Å². The first kappa shape index (κ1) is 20.3. The van der Waals surface area contributed by atoms with E-state index in [2.05, 4.69) is 10.4 Å². The molecule has 28 heavy (non-hydrogen) atoms. The van der Waals surface area contributed by atoms with E-state index in [1.807, 2.05) is 20.8 Å². The number of rotatable bonds is 5. The second-order valence-electron chi connectivity index (χ2n) is 8.42. The minimum Gasteiger partial charge on any atom is -0.381 e. The van der Waals surface area contributed by atoms with Crippen molar-refractivity contribution in [2.45, 2.75) is 46.2 Å². The lowest BCUT2D eigenvalue weighted by Gasteiger charge is -2.28. The maximum Gasteiger partial charge on any atom is 0.273 e. The van der Waals surface area contributed by atoms with E-state index < -0.39 is 29.1 Å². The predicted octanol–water partition coefficient (Wildman–Crippen LogP) is 2.23. The second kappa shape index (κ2) is 7.87. The molecule has 152 valence electrons. The van der Waals surface area contributed by atoms with Gasteiger partial charge < -0.3 is 15.8 Å². The first-order valence-corrected chi connectivity index (χ1v) is 9.51. The molecule has 1 aliphatic rings. The van der Waals surface area contributed by atoms with Crippen LogP contribution in [0.4, 0.5) is 4.39 Å². The highest BCUT2D eigenvalue weighted by Crippen LogP contribution is 2.25. The number of benzene rings is 1. The van der Waals surface area contributed by atoms with E-state index >= 15 is 0 Å². The number of halogens is 1. The lowest BCUT2D eigenvalue weighted by Crippen LogP contribution is -2.52. The number of ether oxygens (including phenoxy) is 1. The summed E-state index contributed by atoms with van der Waals surface area (Å²) in [5, 5.41) is 7.70. The first-order valence-electron chi connectivity index (χ1n) is 9.51. The van der Waals surface area contributed by atoms with Crippen molar-refractivity contribution in [3.63, 3.8) is 0 Å². The number of amides is 2. The number of nitrogens with two attached hydrogens (primary N) is 1. The van der Waals surface area contributed by atoms with Crippen molar-refractivity contribution < 1.29 is 18.7 Å². The van der Waals surface area contributed by atoms with Crippen molar-refractivity contribution >= 4 is 22.7 Å². The number of aromatic nitrogens is 2. The summed E-state index contributed by atoms with van der Waals surface area (Å²) >= 11 is 0. The molecule has 1 aliphatic heterocycles. The Morgan fingerprint density at radius 1 is 1.36 bits per heavy atom. The van der Waals surface area contributed by atoms with Crippen molar-refractivity contribution in [2.75, 3.05) is 13.2 Å². The van der Waals surface area contributed by atoms with Gasteiger partial charge in [0.15, 0.2) is 5.69 Å². The van der Waals surface area contributed by atoms with Crippen LogP contribution in [0.3, 0.4) is 0 Å². The summed E-state index contributed by atoms with van der Waals surface area (Å²) in [5.74, 6) is -1.15. The molecule has 3 N–H and O–H groups in total. The van der Waals surface area contributed by atoms with Crippen molar-refractivity contribution in [2.24, 2.45) is 17.1 Å². The van der Waals surface area contributed by atoms with Crippen LogP contribution in [-0.2, 0) is 16.1 Å². The molecular weight excluding hydrogens is 363 g/mol. The first-order chi connectivity index (χ1) is 13.2. The Bertz CT molecular complexity index is 881. The number of carbonyl (C=O) groups is 2. The molecule has 2 heterocycles. The normalized spacial score (nSPS) is 16.9. The van der Waals surface area contributed by atoms with E-state index in [-0.39, 0.29) is 5.69 Å². The maximum atomic E-state index is 13.9. The number of nitrogens with one attached hydrogen (secondary N) is 1. The molecule has 8 heteroatoms. The zero-order valence-electron chi connectivity index (χ0n) is 16.5. The summed E-state index contributed by atoms with van der Waals surface area (Å²) in [5.41, 5.74) is 5.65. The van der Waals surface area contributed by atoms with Crippen molar-refractivity contribution in [3.05, 3.63) is 29.7 Å². The molecule has 1 aromatic carbocycles. The summed E-state index contributed by atoms with van der Waals surface area (Å²) in [6.45, 7) is 7.42. The van der Waals surface area contributed by atoms with E-state index in [0.717, 1.165) is 12.8 Å². The molecule has 1 aromatic heterocycles.